The van der Waals surface area contributed by atoms with E-state index in [1.807, 2.05) is 62.4 Å². The lowest BCUT2D eigenvalue weighted by Gasteiger charge is -2.07. The van der Waals surface area contributed by atoms with Gasteiger partial charge in [0.1, 0.15) is 0 Å². The third-order valence-corrected chi connectivity index (χ3v) is 2.88. The SMILES string of the molecule is Cc1ccc(C)c(NC(=O)/C=C/c2ccccc2)c1. The second-order valence-electron chi connectivity index (χ2n) is 4.55. The minimum atomic E-state index is -0.113. The van der Waals surface area contributed by atoms with Gasteiger partial charge < -0.3 is 5.32 Å². The van der Waals surface area contributed by atoms with Crippen molar-refractivity contribution in [1.29, 1.82) is 0 Å². The molecule has 0 heterocycles. The van der Waals surface area contributed by atoms with E-state index in [1.165, 1.54) is 0 Å². The Labute approximate surface area is 113 Å². The van der Waals surface area contributed by atoms with Gasteiger partial charge >= 0.3 is 0 Å². The number of aryl methyl sites for hydroxylation is 2. The van der Waals surface area contributed by atoms with Gasteiger partial charge in [-0.3, -0.25) is 4.79 Å². The molecule has 0 spiro atoms. The van der Waals surface area contributed by atoms with Crippen LogP contribution < -0.4 is 5.32 Å². The number of benzene rings is 2. The lowest BCUT2D eigenvalue weighted by Crippen LogP contribution is -2.09. The Balaban J connectivity index is 2.06. The standard InChI is InChI=1S/C17H17NO/c1-13-8-9-14(2)16(12-13)18-17(19)11-10-15-6-4-3-5-7-15/h3-12H,1-2H3,(H,18,19)/b11-10+. The maximum absolute atomic E-state index is 11.9. The first-order valence-electron chi connectivity index (χ1n) is 6.26. The van der Waals surface area contributed by atoms with Crippen LogP contribution in [0.3, 0.4) is 0 Å². The van der Waals surface area contributed by atoms with Gasteiger partial charge in [0, 0.05) is 11.8 Å². The minimum absolute atomic E-state index is 0.113. The predicted molar refractivity (Wildman–Crippen MR) is 80.0 cm³/mol. The third kappa shape index (κ3) is 3.81. The highest BCUT2D eigenvalue weighted by molar-refractivity contribution is 6.02. The Hall–Kier alpha value is -2.35. The topological polar surface area (TPSA) is 29.1 Å². The van der Waals surface area contributed by atoms with Crippen LogP contribution >= 0.6 is 0 Å². The molecule has 0 aliphatic carbocycles. The van der Waals surface area contributed by atoms with Gasteiger partial charge in [-0.15, -0.1) is 0 Å². The van der Waals surface area contributed by atoms with Crippen molar-refractivity contribution in [3.8, 4) is 0 Å². The summed E-state index contributed by atoms with van der Waals surface area (Å²) in [5.74, 6) is -0.113. The highest BCUT2D eigenvalue weighted by Crippen LogP contribution is 2.16. The molecule has 0 saturated carbocycles. The van der Waals surface area contributed by atoms with Crippen LogP contribution in [0.4, 0.5) is 5.69 Å². The number of rotatable bonds is 3. The molecule has 2 aromatic carbocycles. The van der Waals surface area contributed by atoms with Crippen molar-refractivity contribution in [2.75, 3.05) is 5.32 Å². The van der Waals surface area contributed by atoms with Crippen LogP contribution in [0.2, 0.25) is 0 Å². The zero-order valence-electron chi connectivity index (χ0n) is 11.2. The van der Waals surface area contributed by atoms with Gasteiger partial charge in [-0.2, -0.15) is 0 Å². The first-order valence-corrected chi connectivity index (χ1v) is 6.26. The van der Waals surface area contributed by atoms with E-state index in [0.717, 1.165) is 22.4 Å². The largest absolute Gasteiger partial charge is 0.322 e. The third-order valence-electron chi connectivity index (χ3n) is 2.88. The number of amides is 1. The van der Waals surface area contributed by atoms with Gasteiger partial charge in [-0.25, -0.2) is 0 Å². The second-order valence-corrected chi connectivity index (χ2v) is 4.55. The molecule has 2 aromatic rings. The number of hydrogen-bond acceptors (Lipinski definition) is 1. The Kier molecular flexibility index (Phi) is 4.14. The second kappa shape index (κ2) is 6.01. The quantitative estimate of drug-likeness (QED) is 0.822. The molecule has 0 atom stereocenters. The van der Waals surface area contributed by atoms with E-state index in [9.17, 15) is 4.79 Å². The zero-order valence-corrected chi connectivity index (χ0v) is 11.2. The van der Waals surface area contributed by atoms with E-state index in [2.05, 4.69) is 5.32 Å². The van der Waals surface area contributed by atoms with Gasteiger partial charge in [-0.1, -0.05) is 42.5 Å². The summed E-state index contributed by atoms with van der Waals surface area (Å²) < 4.78 is 0. The van der Waals surface area contributed by atoms with E-state index < -0.39 is 0 Å². The van der Waals surface area contributed by atoms with Crippen molar-refractivity contribution in [2.45, 2.75) is 13.8 Å². The number of carbonyl (C=O) groups excluding carboxylic acids is 1. The molecule has 2 heteroatoms. The summed E-state index contributed by atoms with van der Waals surface area (Å²) in [7, 11) is 0. The van der Waals surface area contributed by atoms with E-state index in [0.29, 0.717) is 0 Å². The first kappa shape index (κ1) is 13.1. The summed E-state index contributed by atoms with van der Waals surface area (Å²) in [6.45, 7) is 3.99. The molecule has 19 heavy (non-hydrogen) atoms. The fourth-order valence-electron chi connectivity index (χ4n) is 1.78. The fraction of sp³-hybridized carbons (Fsp3) is 0.118. The normalized spacial score (nSPS) is 10.6. The summed E-state index contributed by atoms with van der Waals surface area (Å²) in [4.78, 5) is 11.9. The average Bonchev–Trinajstić information content (AvgIpc) is 2.42. The molecule has 0 aromatic heterocycles. The molecule has 0 unspecified atom stereocenters. The van der Waals surface area contributed by atoms with Crippen LogP contribution in [0.25, 0.3) is 6.08 Å². The van der Waals surface area contributed by atoms with Crippen molar-refractivity contribution < 1.29 is 4.79 Å². The summed E-state index contributed by atoms with van der Waals surface area (Å²) in [5, 5.41) is 2.90. The fourth-order valence-corrected chi connectivity index (χ4v) is 1.78. The first-order chi connectivity index (χ1) is 9.15. The summed E-state index contributed by atoms with van der Waals surface area (Å²) in [5.41, 5.74) is 4.07. The molecule has 1 amide bonds. The molecule has 0 bridgehead atoms. The van der Waals surface area contributed by atoms with Crippen molar-refractivity contribution in [1.82, 2.24) is 0 Å². The van der Waals surface area contributed by atoms with Gasteiger partial charge in [0.15, 0.2) is 0 Å². The van der Waals surface area contributed by atoms with Gasteiger partial charge in [0.2, 0.25) is 5.91 Å². The minimum Gasteiger partial charge on any atom is -0.322 e. The predicted octanol–water partition coefficient (Wildman–Crippen LogP) is 3.96. The van der Waals surface area contributed by atoms with Gasteiger partial charge in [-0.05, 0) is 42.7 Å². The maximum Gasteiger partial charge on any atom is 0.248 e. The van der Waals surface area contributed by atoms with Crippen LogP contribution in [0.1, 0.15) is 16.7 Å². The summed E-state index contributed by atoms with van der Waals surface area (Å²) in [6.07, 6.45) is 3.36. The van der Waals surface area contributed by atoms with E-state index in [1.54, 1.807) is 12.2 Å². The van der Waals surface area contributed by atoms with Gasteiger partial charge in [0.05, 0.1) is 0 Å². The number of nitrogens with one attached hydrogen (secondary N) is 1. The maximum atomic E-state index is 11.9. The molecular formula is C17H17NO. The molecule has 0 saturated heterocycles. The zero-order chi connectivity index (χ0) is 13.7. The van der Waals surface area contributed by atoms with Gasteiger partial charge in [0.25, 0.3) is 0 Å². The number of carbonyl (C=O) groups is 1. The summed E-state index contributed by atoms with van der Waals surface area (Å²) >= 11 is 0. The average molecular weight is 251 g/mol. The Morgan fingerprint density at radius 1 is 1.05 bits per heavy atom. The van der Waals surface area contributed by atoms with Crippen molar-refractivity contribution >= 4 is 17.7 Å². The summed E-state index contributed by atoms with van der Waals surface area (Å²) in [6, 6.07) is 15.8. The molecule has 2 rings (SSSR count). The van der Waals surface area contributed by atoms with Crippen LogP contribution in [0, 0.1) is 13.8 Å². The molecule has 0 aliphatic rings. The smallest absolute Gasteiger partial charge is 0.248 e. The monoisotopic (exact) mass is 251 g/mol. The highest BCUT2D eigenvalue weighted by atomic mass is 16.1. The molecule has 0 aliphatic heterocycles. The highest BCUT2D eigenvalue weighted by Gasteiger charge is 2.01. The Morgan fingerprint density at radius 2 is 1.79 bits per heavy atom. The van der Waals surface area contributed by atoms with Crippen molar-refractivity contribution in [3.63, 3.8) is 0 Å². The van der Waals surface area contributed by atoms with Crippen LogP contribution in [0.15, 0.2) is 54.6 Å². The molecule has 96 valence electrons. The van der Waals surface area contributed by atoms with Crippen molar-refractivity contribution in [2.24, 2.45) is 0 Å². The van der Waals surface area contributed by atoms with E-state index >= 15 is 0 Å². The van der Waals surface area contributed by atoms with E-state index in [-0.39, 0.29) is 5.91 Å². The lowest BCUT2D eigenvalue weighted by molar-refractivity contribution is -0.111. The van der Waals surface area contributed by atoms with Crippen molar-refractivity contribution in [3.05, 3.63) is 71.3 Å². The lowest BCUT2D eigenvalue weighted by atomic mass is 10.1. The van der Waals surface area contributed by atoms with E-state index in [4.69, 9.17) is 0 Å². The number of hydrogen-bond donors (Lipinski definition) is 1. The Morgan fingerprint density at radius 3 is 2.53 bits per heavy atom. The van der Waals surface area contributed by atoms with Crippen LogP contribution in [-0.4, -0.2) is 5.91 Å². The van der Waals surface area contributed by atoms with Crippen LogP contribution in [-0.2, 0) is 4.79 Å². The van der Waals surface area contributed by atoms with Crippen LogP contribution in [0.5, 0.6) is 0 Å². The molecule has 2 nitrogen and oxygen atoms in total. The molecular weight excluding hydrogens is 234 g/mol. The number of anilines is 1. The Bertz CT molecular complexity index is 600. The molecule has 0 fully saturated rings. The molecule has 1 N–H and O–H groups in total. The molecule has 0 radical (unpaired) electrons.